The Morgan fingerprint density at radius 2 is 1.74 bits per heavy atom. The van der Waals surface area contributed by atoms with Crippen molar-refractivity contribution in [3.8, 4) is 5.75 Å². The lowest BCUT2D eigenvalue weighted by Gasteiger charge is -2.09. The van der Waals surface area contributed by atoms with Crippen LogP contribution in [0.2, 0.25) is 5.02 Å². The summed E-state index contributed by atoms with van der Waals surface area (Å²) in [6.45, 7) is 5.91. The van der Waals surface area contributed by atoms with E-state index in [2.05, 4.69) is 5.32 Å². The van der Waals surface area contributed by atoms with Crippen molar-refractivity contribution in [2.24, 2.45) is 0 Å². The fourth-order valence-corrected chi connectivity index (χ4v) is 2.51. The largest absolute Gasteiger partial charge is 0.497 e. The van der Waals surface area contributed by atoms with Gasteiger partial charge >= 0.3 is 0 Å². The van der Waals surface area contributed by atoms with E-state index in [1.54, 1.807) is 13.2 Å². The van der Waals surface area contributed by atoms with E-state index in [4.69, 9.17) is 16.3 Å². The highest BCUT2D eigenvalue weighted by molar-refractivity contribution is 6.31. The standard InChI is InChI=1S/C19H20ClNO2/c1-12-5-6-15(11-18(12)20)21-19(22)8-7-17-13(2)9-16(23-4)10-14(17)3/h5-11H,1-4H3,(H,21,22)/b8-7+. The van der Waals surface area contributed by atoms with Gasteiger partial charge in [0.05, 0.1) is 7.11 Å². The van der Waals surface area contributed by atoms with E-state index in [9.17, 15) is 4.79 Å². The van der Waals surface area contributed by atoms with Crippen LogP contribution >= 0.6 is 11.6 Å². The molecule has 0 spiro atoms. The molecule has 0 aliphatic rings. The second kappa shape index (κ2) is 7.34. The molecule has 120 valence electrons. The van der Waals surface area contributed by atoms with Gasteiger partial charge in [-0.05, 0) is 73.4 Å². The summed E-state index contributed by atoms with van der Waals surface area (Å²) >= 11 is 6.06. The second-order valence-electron chi connectivity index (χ2n) is 5.46. The first-order valence-corrected chi connectivity index (χ1v) is 7.69. The summed E-state index contributed by atoms with van der Waals surface area (Å²) in [4.78, 5) is 12.1. The van der Waals surface area contributed by atoms with Crippen LogP contribution in [0.4, 0.5) is 5.69 Å². The number of hydrogen-bond acceptors (Lipinski definition) is 2. The van der Waals surface area contributed by atoms with E-state index < -0.39 is 0 Å². The molecule has 23 heavy (non-hydrogen) atoms. The highest BCUT2D eigenvalue weighted by atomic mass is 35.5. The molecule has 1 amide bonds. The molecule has 2 aromatic rings. The first kappa shape index (κ1) is 17.1. The van der Waals surface area contributed by atoms with Crippen molar-refractivity contribution < 1.29 is 9.53 Å². The molecule has 0 aliphatic heterocycles. The first-order valence-electron chi connectivity index (χ1n) is 7.31. The molecule has 0 bridgehead atoms. The smallest absolute Gasteiger partial charge is 0.248 e. The Hall–Kier alpha value is -2.26. The number of anilines is 1. The van der Waals surface area contributed by atoms with Gasteiger partial charge in [0, 0.05) is 16.8 Å². The van der Waals surface area contributed by atoms with E-state index in [0.29, 0.717) is 10.7 Å². The van der Waals surface area contributed by atoms with E-state index in [0.717, 1.165) is 28.0 Å². The maximum atomic E-state index is 12.1. The quantitative estimate of drug-likeness (QED) is 0.808. The van der Waals surface area contributed by atoms with Gasteiger partial charge < -0.3 is 10.1 Å². The number of ether oxygens (including phenoxy) is 1. The van der Waals surface area contributed by atoms with Crippen molar-refractivity contribution in [2.45, 2.75) is 20.8 Å². The van der Waals surface area contributed by atoms with Gasteiger partial charge in [0.1, 0.15) is 5.75 Å². The van der Waals surface area contributed by atoms with Gasteiger partial charge in [0.15, 0.2) is 0 Å². The number of hydrogen-bond donors (Lipinski definition) is 1. The zero-order valence-corrected chi connectivity index (χ0v) is 14.5. The first-order chi connectivity index (χ1) is 10.9. The maximum Gasteiger partial charge on any atom is 0.248 e. The molecule has 0 saturated carbocycles. The van der Waals surface area contributed by atoms with Gasteiger partial charge in [-0.25, -0.2) is 0 Å². The minimum Gasteiger partial charge on any atom is -0.497 e. The molecular formula is C19H20ClNO2. The molecule has 0 radical (unpaired) electrons. The molecule has 2 aromatic carbocycles. The zero-order chi connectivity index (χ0) is 17.0. The number of benzene rings is 2. The van der Waals surface area contributed by atoms with Crippen molar-refractivity contribution in [3.05, 3.63) is 63.7 Å². The topological polar surface area (TPSA) is 38.3 Å². The minimum atomic E-state index is -0.195. The van der Waals surface area contributed by atoms with Gasteiger partial charge in [-0.1, -0.05) is 17.7 Å². The third-order valence-electron chi connectivity index (χ3n) is 3.64. The van der Waals surface area contributed by atoms with Crippen molar-refractivity contribution in [3.63, 3.8) is 0 Å². The molecule has 0 aliphatic carbocycles. The number of methoxy groups -OCH3 is 1. The molecule has 0 aromatic heterocycles. The molecule has 0 atom stereocenters. The SMILES string of the molecule is COc1cc(C)c(/C=C/C(=O)Nc2ccc(C)c(Cl)c2)c(C)c1. The maximum absolute atomic E-state index is 12.1. The summed E-state index contributed by atoms with van der Waals surface area (Å²) in [5, 5.41) is 3.44. The number of nitrogens with one attached hydrogen (secondary N) is 1. The Bertz CT molecular complexity index is 743. The van der Waals surface area contributed by atoms with Crippen molar-refractivity contribution in [1.29, 1.82) is 0 Å². The van der Waals surface area contributed by atoms with E-state index >= 15 is 0 Å². The lowest BCUT2D eigenvalue weighted by atomic mass is 10.0. The highest BCUT2D eigenvalue weighted by Crippen LogP contribution is 2.23. The average molecular weight is 330 g/mol. The van der Waals surface area contributed by atoms with Crippen LogP contribution in [0.25, 0.3) is 6.08 Å². The van der Waals surface area contributed by atoms with Crippen molar-refractivity contribution in [2.75, 3.05) is 12.4 Å². The van der Waals surface area contributed by atoms with Gasteiger partial charge in [-0.2, -0.15) is 0 Å². The van der Waals surface area contributed by atoms with Crippen LogP contribution in [0.5, 0.6) is 5.75 Å². The molecular weight excluding hydrogens is 310 g/mol. The van der Waals surface area contributed by atoms with Gasteiger partial charge in [-0.15, -0.1) is 0 Å². The fraction of sp³-hybridized carbons (Fsp3) is 0.211. The van der Waals surface area contributed by atoms with Gasteiger partial charge in [0.2, 0.25) is 5.91 Å². The predicted molar refractivity (Wildman–Crippen MR) is 96.3 cm³/mol. The predicted octanol–water partition coefficient (Wildman–Crippen LogP) is 4.93. The Morgan fingerprint density at radius 3 is 2.30 bits per heavy atom. The van der Waals surface area contributed by atoms with Crippen LogP contribution in [0.3, 0.4) is 0 Å². The van der Waals surface area contributed by atoms with E-state index in [1.807, 2.05) is 51.1 Å². The Labute approximate surface area is 141 Å². The third-order valence-corrected chi connectivity index (χ3v) is 4.05. The molecule has 1 N–H and O–H groups in total. The van der Waals surface area contributed by atoms with Crippen LogP contribution in [0.1, 0.15) is 22.3 Å². The molecule has 0 fully saturated rings. The lowest BCUT2D eigenvalue weighted by Crippen LogP contribution is -2.07. The normalized spacial score (nSPS) is 10.8. The summed E-state index contributed by atoms with van der Waals surface area (Å²) < 4.78 is 5.24. The number of aryl methyl sites for hydroxylation is 3. The lowest BCUT2D eigenvalue weighted by molar-refractivity contribution is -0.111. The van der Waals surface area contributed by atoms with Gasteiger partial charge in [-0.3, -0.25) is 4.79 Å². The summed E-state index contributed by atoms with van der Waals surface area (Å²) in [5.74, 6) is 0.621. The molecule has 3 nitrogen and oxygen atoms in total. The fourth-order valence-electron chi connectivity index (χ4n) is 2.33. The third kappa shape index (κ3) is 4.36. The van der Waals surface area contributed by atoms with Crippen LogP contribution in [0, 0.1) is 20.8 Å². The van der Waals surface area contributed by atoms with Crippen LogP contribution < -0.4 is 10.1 Å². The summed E-state index contributed by atoms with van der Waals surface area (Å²) in [6, 6.07) is 9.34. The van der Waals surface area contributed by atoms with Crippen LogP contribution in [-0.2, 0) is 4.79 Å². The number of amides is 1. The van der Waals surface area contributed by atoms with Crippen LogP contribution in [-0.4, -0.2) is 13.0 Å². The molecule has 0 saturated heterocycles. The van der Waals surface area contributed by atoms with Gasteiger partial charge in [0.25, 0.3) is 0 Å². The Balaban J connectivity index is 2.13. The highest BCUT2D eigenvalue weighted by Gasteiger charge is 2.05. The van der Waals surface area contributed by atoms with Crippen molar-refractivity contribution >= 4 is 29.3 Å². The molecule has 0 heterocycles. The minimum absolute atomic E-state index is 0.195. The molecule has 0 unspecified atom stereocenters. The van der Waals surface area contributed by atoms with E-state index in [1.165, 1.54) is 6.08 Å². The molecule has 4 heteroatoms. The number of rotatable bonds is 4. The Morgan fingerprint density at radius 1 is 1.09 bits per heavy atom. The average Bonchev–Trinajstić information content (AvgIpc) is 2.50. The van der Waals surface area contributed by atoms with Crippen LogP contribution in [0.15, 0.2) is 36.4 Å². The number of halogens is 1. The number of carbonyl (C=O) groups is 1. The Kier molecular flexibility index (Phi) is 5.45. The summed E-state index contributed by atoms with van der Waals surface area (Å²) in [6.07, 6.45) is 3.34. The van der Waals surface area contributed by atoms with Crippen molar-refractivity contribution in [1.82, 2.24) is 0 Å². The second-order valence-corrected chi connectivity index (χ2v) is 5.87. The zero-order valence-electron chi connectivity index (χ0n) is 13.7. The summed E-state index contributed by atoms with van der Waals surface area (Å²) in [5.41, 5.74) is 4.79. The summed E-state index contributed by atoms with van der Waals surface area (Å²) in [7, 11) is 1.64. The molecule has 2 rings (SSSR count). The van der Waals surface area contributed by atoms with E-state index in [-0.39, 0.29) is 5.91 Å². The monoisotopic (exact) mass is 329 g/mol. The number of carbonyl (C=O) groups excluding carboxylic acids is 1.